The predicted octanol–water partition coefficient (Wildman–Crippen LogP) is 2.22. The maximum Gasteiger partial charge on any atom is 0.335 e. The van der Waals surface area contributed by atoms with Gasteiger partial charge in [0.1, 0.15) is 11.3 Å². The number of aromatic nitrogens is 5. The van der Waals surface area contributed by atoms with Gasteiger partial charge in [0.25, 0.3) is 5.56 Å². The van der Waals surface area contributed by atoms with Crippen molar-refractivity contribution < 1.29 is 9.90 Å². The van der Waals surface area contributed by atoms with Gasteiger partial charge in [-0.2, -0.15) is 0 Å². The van der Waals surface area contributed by atoms with Crippen molar-refractivity contribution in [1.29, 1.82) is 0 Å². The van der Waals surface area contributed by atoms with E-state index in [-0.39, 0.29) is 29.8 Å². The molecule has 0 saturated carbocycles. The van der Waals surface area contributed by atoms with Crippen LogP contribution >= 0.6 is 0 Å². The van der Waals surface area contributed by atoms with Gasteiger partial charge in [-0.3, -0.25) is 18.9 Å². The highest BCUT2D eigenvalue weighted by molar-refractivity contribution is 5.89. The van der Waals surface area contributed by atoms with Gasteiger partial charge in [0.15, 0.2) is 5.65 Å². The Morgan fingerprint density at radius 1 is 1.06 bits per heavy atom. The van der Waals surface area contributed by atoms with E-state index in [0.29, 0.717) is 30.7 Å². The average molecular weight is 433 g/mol. The van der Waals surface area contributed by atoms with Gasteiger partial charge in [0.05, 0.1) is 5.56 Å². The Morgan fingerprint density at radius 3 is 2.56 bits per heavy atom. The number of carbonyl (C=O) groups is 1. The maximum absolute atomic E-state index is 13.1. The van der Waals surface area contributed by atoms with Crippen molar-refractivity contribution in [2.24, 2.45) is 0 Å². The van der Waals surface area contributed by atoms with Crippen molar-refractivity contribution >= 4 is 17.1 Å². The molecule has 9 heteroatoms. The quantitative estimate of drug-likeness (QED) is 0.439. The van der Waals surface area contributed by atoms with Crippen LogP contribution in [0.5, 0.6) is 0 Å². The summed E-state index contributed by atoms with van der Waals surface area (Å²) in [5.41, 5.74) is 1.25. The van der Waals surface area contributed by atoms with Crippen LogP contribution in [-0.4, -0.2) is 35.2 Å². The van der Waals surface area contributed by atoms with Gasteiger partial charge in [-0.15, -0.1) is 0 Å². The molecule has 0 bridgehead atoms. The zero-order valence-electron chi connectivity index (χ0n) is 17.6. The Kier molecular flexibility index (Phi) is 5.98. The van der Waals surface area contributed by atoms with Gasteiger partial charge in [-0.05, 0) is 36.6 Å². The lowest BCUT2D eigenvalue weighted by atomic mass is 10.0. The van der Waals surface area contributed by atoms with Crippen molar-refractivity contribution in [3.63, 3.8) is 0 Å². The number of aryl methyl sites for hydroxylation is 2. The van der Waals surface area contributed by atoms with Crippen LogP contribution in [0.4, 0.5) is 0 Å². The first-order chi connectivity index (χ1) is 15.5. The van der Waals surface area contributed by atoms with E-state index >= 15 is 0 Å². The molecular weight excluding hydrogens is 410 g/mol. The molecule has 0 saturated heterocycles. The maximum atomic E-state index is 13.1. The second-order valence-electron chi connectivity index (χ2n) is 7.48. The van der Waals surface area contributed by atoms with Crippen molar-refractivity contribution in [2.45, 2.75) is 39.3 Å². The molecule has 0 unspecified atom stereocenters. The summed E-state index contributed by atoms with van der Waals surface area (Å²) in [4.78, 5) is 49.5. The molecule has 4 aromatic rings. The van der Waals surface area contributed by atoms with Crippen LogP contribution in [0, 0.1) is 0 Å². The number of imidazole rings is 1. The third-order valence-electron chi connectivity index (χ3n) is 5.28. The molecule has 2 N–H and O–H groups in total. The van der Waals surface area contributed by atoms with Crippen molar-refractivity contribution in [3.8, 4) is 0 Å². The smallest absolute Gasteiger partial charge is 0.335 e. The lowest BCUT2D eigenvalue weighted by Crippen LogP contribution is -2.40. The Morgan fingerprint density at radius 2 is 1.84 bits per heavy atom. The van der Waals surface area contributed by atoms with E-state index in [9.17, 15) is 19.5 Å². The first-order valence-electron chi connectivity index (χ1n) is 10.4. The number of rotatable bonds is 8. The van der Waals surface area contributed by atoms with Gasteiger partial charge >= 0.3 is 11.7 Å². The minimum atomic E-state index is -1.02. The van der Waals surface area contributed by atoms with Gasteiger partial charge < -0.3 is 10.1 Å². The lowest BCUT2D eigenvalue weighted by Gasteiger charge is -2.11. The average Bonchev–Trinajstić information content (AvgIpc) is 3.21. The number of benzene rings is 1. The number of nitrogens with zero attached hydrogens (tertiary/aromatic N) is 4. The highest BCUT2D eigenvalue weighted by Crippen LogP contribution is 2.13. The molecule has 3 heterocycles. The summed E-state index contributed by atoms with van der Waals surface area (Å²) in [6.07, 6.45) is 3.00. The highest BCUT2D eigenvalue weighted by atomic mass is 16.4. The van der Waals surface area contributed by atoms with E-state index in [2.05, 4.69) is 15.0 Å². The predicted molar refractivity (Wildman–Crippen MR) is 119 cm³/mol. The first-order valence-corrected chi connectivity index (χ1v) is 10.4. The standard InChI is InChI=1S/C23H23N5O4/c1-2-12-28-21(29)19-20(26-18(25-19)14-16-8-5-6-11-24-16)27(23(28)32)13-10-15-7-3-4-9-17(15)22(30)31/h3-9,11H,2,10,12-14H2,1H3,(H,25,26)(H,30,31). The Hall–Kier alpha value is -4.01. The highest BCUT2D eigenvalue weighted by Gasteiger charge is 2.18. The van der Waals surface area contributed by atoms with Crippen LogP contribution in [0.2, 0.25) is 0 Å². The normalized spacial score (nSPS) is 11.2. The number of H-pyrrole nitrogens is 1. The van der Waals surface area contributed by atoms with Crippen molar-refractivity contribution in [1.82, 2.24) is 24.1 Å². The van der Waals surface area contributed by atoms with Crippen LogP contribution in [0.15, 0.2) is 58.3 Å². The zero-order valence-corrected chi connectivity index (χ0v) is 17.6. The van der Waals surface area contributed by atoms with Gasteiger partial charge in [0.2, 0.25) is 0 Å². The van der Waals surface area contributed by atoms with E-state index in [1.807, 2.05) is 25.1 Å². The summed E-state index contributed by atoms with van der Waals surface area (Å²) in [6, 6.07) is 12.2. The number of fused-ring (bicyclic) bond motifs is 1. The molecule has 0 amide bonds. The summed E-state index contributed by atoms with van der Waals surface area (Å²) >= 11 is 0. The van der Waals surface area contributed by atoms with E-state index in [4.69, 9.17) is 0 Å². The Labute approximate surface area is 183 Å². The molecule has 0 spiro atoms. The third kappa shape index (κ3) is 4.09. The van der Waals surface area contributed by atoms with Crippen LogP contribution in [0.3, 0.4) is 0 Å². The molecule has 0 aliphatic heterocycles. The molecular formula is C23H23N5O4. The van der Waals surface area contributed by atoms with E-state index in [0.717, 1.165) is 5.69 Å². The number of aromatic amines is 1. The number of carboxylic acids is 1. The lowest BCUT2D eigenvalue weighted by molar-refractivity contribution is 0.0695. The summed E-state index contributed by atoms with van der Waals surface area (Å²) in [6.45, 7) is 2.37. The zero-order chi connectivity index (χ0) is 22.7. The first kappa shape index (κ1) is 21.2. The topological polar surface area (TPSA) is 123 Å². The molecule has 3 aromatic heterocycles. The molecule has 0 aliphatic rings. The summed E-state index contributed by atoms with van der Waals surface area (Å²) in [5, 5.41) is 9.45. The summed E-state index contributed by atoms with van der Waals surface area (Å²) in [7, 11) is 0. The van der Waals surface area contributed by atoms with Crippen LogP contribution in [0.25, 0.3) is 11.2 Å². The number of carboxylic acid groups (broad SMARTS) is 1. The fraction of sp³-hybridized carbons (Fsp3) is 0.261. The molecule has 1 aromatic carbocycles. The number of pyridine rings is 1. The van der Waals surface area contributed by atoms with E-state index in [1.165, 1.54) is 15.2 Å². The van der Waals surface area contributed by atoms with E-state index in [1.54, 1.807) is 24.4 Å². The summed E-state index contributed by atoms with van der Waals surface area (Å²) < 4.78 is 2.65. The minimum absolute atomic E-state index is 0.191. The second kappa shape index (κ2) is 9.01. The number of nitrogens with one attached hydrogen (secondary N) is 1. The Bertz CT molecular complexity index is 1390. The van der Waals surface area contributed by atoms with Gasteiger partial charge in [-0.25, -0.2) is 14.6 Å². The number of aromatic carboxylic acids is 1. The third-order valence-corrected chi connectivity index (χ3v) is 5.28. The van der Waals surface area contributed by atoms with Gasteiger partial charge in [0, 0.05) is 31.4 Å². The molecule has 9 nitrogen and oxygen atoms in total. The largest absolute Gasteiger partial charge is 0.478 e. The minimum Gasteiger partial charge on any atom is -0.478 e. The van der Waals surface area contributed by atoms with Crippen LogP contribution in [0.1, 0.15) is 40.8 Å². The fourth-order valence-electron chi connectivity index (χ4n) is 3.77. The monoisotopic (exact) mass is 433 g/mol. The molecule has 0 aliphatic carbocycles. The molecule has 0 radical (unpaired) electrons. The van der Waals surface area contributed by atoms with Crippen LogP contribution in [-0.2, 0) is 25.9 Å². The van der Waals surface area contributed by atoms with Gasteiger partial charge in [-0.1, -0.05) is 31.2 Å². The SMILES string of the molecule is CCCn1c(=O)c2[nH]c(Cc3ccccn3)nc2n(CCc2ccccc2C(=O)O)c1=O. The number of hydrogen-bond acceptors (Lipinski definition) is 5. The Balaban J connectivity index is 1.79. The van der Waals surface area contributed by atoms with Crippen molar-refractivity contribution in [2.75, 3.05) is 0 Å². The summed E-state index contributed by atoms with van der Waals surface area (Å²) in [5.74, 6) is -0.490. The molecule has 32 heavy (non-hydrogen) atoms. The fourth-order valence-corrected chi connectivity index (χ4v) is 3.77. The number of hydrogen-bond donors (Lipinski definition) is 2. The molecule has 164 valence electrons. The van der Waals surface area contributed by atoms with Crippen molar-refractivity contribution in [3.05, 3.63) is 92.1 Å². The van der Waals surface area contributed by atoms with Crippen LogP contribution < -0.4 is 11.2 Å². The van der Waals surface area contributed by atoms with E-state index < -0.39 is 17.2 Å². The molecule has 0 fully saturated rings. The molecule has 0 atom stereocenters. The second-order valence-corrected chi connectivity index (χ2v) is 7.48. The molecule has 4 rings (SSSR count).